The molecule has 4 rings (SSSR count). The van der Waals surface area contributed by atoms with E-state index in [1.165, 1.54) is 25.1 Å². The molecule has 2 aromatic carbocycles. The first-order chi connectivity index (χ1) is 17.2. The molecule has 3 aromatic rings. The van der Waals surface area contributed by atoms with E-state index < -0.39 is 0 Å². The van der Waals surface area contributed by atoms with Crippen molar-refractivity contribution < 1.29 is 14.6 Å². The summed E-state index contributed by atoms with van der Waals surface area (Å²) in [5.41, 5.74) is 5.73. The number of anilines is 2. The monoisotopic (exact) mass is 504 g/mol. The number of allylic oxidation sites excluding steroid dienone is 1. The molecule has 1 aromatic heterocycles. The van der Waals surface area contributed by atoms with Gasteiger partial charge in [0.1, 0.15) is 0 Å². The summed E-state index contributed by atoms with van der Waals surface area (Å²) in [5.74, 6) is 0.0620. The minimum absolute atomic E-state index is 0.0416. The number of hydrazone groups is 1. The summed E-state index contributed by atoms with van der Waals surface area (Å²) in [6.07, 6.45) is 4.62. The molecule has 1 aliphatic carbocycles. The number of phenols is 1. The van der Waals surface area contributed by atoms with Gasteiger partial charge in [0.25, 0.3) is 5.91 Å². The lowest BCUT2D eigenvalue weighted by atomic mass is 9.71. The molecule has 7 nitrogen and oxygen atoms in total. The standard InChI is InChI=1S/C28H29ClN4O3/c1-6-17-15-28(2,3)22-9-7-18(32-27(35)20-11-12-31-16-23(20)29)13-21(22)26(17)33(30-4)19-8-10-24(34)25(14-19)36-5/h7-14,16,34H,4,6,15H2,1-3,5H3,(H,32,35). The van der Waals surface area contributed by atoms with Gasteiger partial charge in [-0.2, -0.15) is 5.10 Å². The summed E-state index contributed by atoms with van der Waals surface area (Å²) in [7, 11) is 1.50. The number of aromatic hydroxyl groups is 1. The fraction of sp³-hybridized carbons (Fsp3) is 0.250. The molecule has 0 aliphatic heterocycles. The van der Waals surface area contributed by atoms with Crippen LogP contribution in [-0.4, -0.2) is 29.8 Å². The number of carbonyl (C=O) groups is 1. The number of nitrogens with zero attached hydrogens (tertiary/aromatic N) is 3. The second kappa shape index (κ2) is 10.0. The normalized spacial score (nSPS) is 14.1. The molecule has 2 N–H and O–H groups in total. The number of aromatic nitrogens is 1. The largest absolute Gasteiger partial charge is 0.504 e. The number of methoxy groups -OCH3 is 1. The zero-order valence-corrected chi connectivity index (χ0v) is 21.6. The van der Waals surface area contributed by atoms with Gasteiger partial charge in [-0.15, -0.1) is 0 Å². The second-order valence-corrected chi connectivity index (χ2v) is 9.65. The zero-order valence-electron chi connectivity index (χ0n) is 20.8. The average Bonchev–Trinajstić information content (AvgIpc) is 2.86. The predicted octanol–water partition coefficient (Wildman–Crippen LogP) is 6.63. The third kappa shape index (κ3) is 4.66. The van der Waals surface area contributed by atoms with Crippen LogP contribution in [0, 0.1) is 0 Å². The van der Waals surface area contributed by atoms with Crippen LogP contribution in [0.1, 0.15) is 55.1 Å². The molecule has 0 spiro atoms. The molecule has 8 heteroatoms. The Kier molecular flexibility index (Phi) is 7.04. The van der Waals surface area contributed by atoms with Crippen molar-refractivity contribution >= 4 is 41.3 Å². The van der Waals surface area contributed by atoms with E-state index in [1.54, 1.807) is 29.3 Å². The number of halogens is 1. The maximum absolute atomic E-state index is 12.9. The Balaban J connectivity index is 1.83. The van der Waals surface area contributed by atoms with Crippen molar-refractivity contribution in [2.24, 2.45) is 5.10 Å². The molecule has 1 heterocycles. The molecule has 0 saturated heterocycles. The van der Waals surface area contributed by atoms with Crippen LogP contribution in [-0.2, 0) is 5.41 Å². The van der Waals surface area contributed by atoms with Gasteiger partial charge < -0.3 is 15.2 Å². The van der Waals surface area contributed by atoms with Gasteiger partial charge in [0.15, 0.2) is 11.5 Å². The van der Waals surface area contributed by atoms with Crippen LogP contribution in [0.4, 0.5) is 11.4 Å². The molecule has 0 saturated carbocycles. The molecule has 0 unspecified atom stereocenters. The Bertz CT molecular complexity index is 1370. The number of rotatable bonds is 7. The molecule has 0 fully saturated rings. The van der Waals surface area contributed by atoms with Crippen LogP contribution in [0.3, 0.4) is 0 Å². The fourth-order valence-electron chi connectivity index (χ4n) is 4.70. The smallest absolute Gasteiger partial charge is 0.257 e. The highest BCUT2D eigenvalue weighted by Gasteiger charge is 2.35. The fourth-order valence-corrected chi connectivity index (χ4v) is 4.91. The van der Waals surface area contributed by atoms with Crippen LogP contribution in [0.5, 0.6) is 11.5 Å². The summed E-state index contributed by atoms with van der Waals surface area (Å²) in [6, 6.07) is 12.6. The number of amides is 1. The molecular formula is C28H29ClN4O3. The van der Waals surface area contributed by atoms with Crippen LogP contribution < -0.4 is 15.1 Å². The van der Waals surface area contributed by atoms with Crippen LogP contribution in [0.15, 0.2) is 65.5 Å². The molecule has 0 atom stereocenters. The van der Waals surface area contributed by atoms with Gasteiger partial charge in [0.2, 0.25) is 0 Å². The van der Waals surface area contributed by atoms with Crippen molar-refractivity contribution in [1.82, 2.24) is 4.98 Å². The van der Waals surface area contributed by atoms with Gasteiger partial charge in [0, 0.05) is 36.4 Å². The average molecular weight is 505 g/mol. The van der Waals surface area contributed by atoms with E-state index >= 15 is 0 Å². The Morgan fingerprint density at radius 3 is 2.72 bits per heavy atom. The first kappa shape index (κ1) is 25.3. The van der Waals surface area contributed by atoms with Crippen LogP contribution in [0.25, 0.3) is 5.70 Å². The number of nitrogens with one attached hydrogen (secondary N) is 1. The SMILES string of the molecule is C=NN(C1=C(CC)CC(C)(C)c2ccc(NC(=O)c3ccncc3Cl)cc21)c1ccc(O)c(OC)c1. The molecule has 0 radical (unpaired) electrons. The minimum atomic E-state index is -0.319. The van der Waals surface area contributed by atoms with E-state index in [4.69, 9.17) is 16.3 Å². The van der Waals surface area contributed by atoms with E-state index in [0.717, 1.165) is 29.7 Å². The summed E-state index contributed by atoms with van der Waals surface area (Å²) in [5, 5.41) is 19.5. The maximum Gasteiger partial charge on any atom is 0.257 e. The molecule has 0 bridgehead atoms. The lowest BCUT2D eigenvalue weighted by molar-refractivity contribution is 0.102. The highest BCUT2D eigenvalue weighted by Crippen LogP contribution is 2.47. The molecule has 186 valence electrons. The molecule has 36 heavy (non-hydrogen) atoms. The van der Waals surface area contributed by atoms with Gasteiger partial charge in [0.05, 0.1) is 29.1 Å². The first-order valence-electron chi connectivity index (χ1n) is 11.6. The summed E-state index contributed by atoms with van der Waals surface area (Å²) in [4.78, 5) is 16.9. The second-order valence-electron chi connectivity index (χ2n) is 9.25. The number of carbonyl (C=O) groups excluding carboxylic acids is 1. The van der Waals surface area contributed by atoms with Crippen molar-refractivity contribution in [3.8, 4) is 11.5 Å². The predicted molar refractivity (Wildman–Crippen MR) is 145 cm³/mol. The summed E-state index contributed by atoms with van der Waals surface area (Å²) in [6.45, 7) is 10.4. The number of benzene rings is 2. The third-order valence-corrected chi connectivity index (χ3v) is 6.76. The molecule has 1 aliphatic rings. The minimum Gasteiger partial charge on any atom is -0.504 e. The quantitative estimate of drug-likeness (QED) is 0.278. The van der Waals surface area contributed by atoms with Gasteiger partial charge in [-0.1, -0.05) is 38.4 Å². The van der Waals surface area contributed by atoms with E-state index in [0.29, 0.717) is 22.7 Å². The van der Waals surface area contributed by atoms with Crippen molar-refractivity contribution in [3.63, 3.8) is 0 Å². The number of hydrogen-bond donors (Lipinski definition) is 2. The highest BCUT2D eigenvalue weighted by molar-refractivity contribution is 6.34. The zero-order chi connectivity index (χ0) is 26.0. The summed E-state index contributed by atoms with van der Waals surface area (Å²) < 4.78 is 5.32. The van der Waals surface area contributed by atoms with Crippen LogP contribution in [0.2, 0.25) is 5.02 Å². The topological polar surface area (TPSA) is 87.1 Å². The van der Waals surface area contributed by atoms with Gasteiger partial charge in [-0.05, 0) is 59.7 Å². The number of ether oxygens (including phenoxy) is 1. The highest BCUT2D eigenvalue weighted by atomic mass is 35.5. The lowest BCUT2D eigenvalue weighted by Crippen LogP contribution is -2.29. The Hall–Kier alpha value is -3.84. The number of phenolic OH excluding ortho intramolecular Hbond substituents is 1. The van der Waals surface area contributed by atoms with Crippen molar-refractivity contribution in [1.29, 1.82) is 0 Å². The van der Waals surface area contributed by atoms with E-state index in [1.807, 2.05) is 18.2 Å². The maximum atomic E-state index is 12.9. The van der Waals surface area contributed by atoms with Gasteiger partial charge in [-0.25, -0.2) is 5.01 Å². The lowest BCUT2D eigenvalue weighted by Gasteiger charge is -2.38. The number of pyridine rings is 1. The number of hydrogen-bond acceptors (Lipinski definition) is 6. The Morgan fingerprint density at radius 2 is 2.06 bits per heavy atom. The Morgan fingerprint density at radius 1 is 1.28 bits per heavy atom. The van der Waals surface area contributed by atoms with E-state index in [9.17, 15) is 9.90 Å². The first-order valence-corrected chi connectivity index (χ1v) is 12.0. The summed E-state index contributed by atoms with van der Waals surface area (Å²) >= 11 is 6.18. The Labute approximate surface area is 216 Å². The van der Waals surface area contributed by atoms with Gasteiger partial charge in [-0.3, -0.25) is 9.78 Å². The van der Waals surface area contributed by atoms with E-state index in [2.05, 4.69) is 42.9 Å². The number of fused-ring (bicyclic) bond motifs is 1. The van der Waals surface area contributed by atoms with Crippen LogP contribution >= 0.6 is 11.6 Å². The van der Waals surface area contributed by atoms with E-state index in [-0.39, 0.29) is 22.1 Å². The van der Waals surface area contributed by atoms with Crippen molar-refractivity contribution in [2.75, 3.05) is 17.4 Å². The third-order valence-electron chi connectivity index (χ3n) is 6.46. The van der Waals surface area contributed by atoms with Crippen molar-refractivity contribution in [3.05, 3.63) is 82.1 Å². The van der Waals surface area contributed by atoms with Gasteiger partial charge >= 0.3 is 0 Å². The molecular weight excluding hydrogens is 476 g/mol. The molecule has 1 amide bonds. The van der Waals surface area contributed by atoms with Crippen molar-refractivity contribution in [2.45, 2.75) is 39.0 Å².